The van der Waals surface area contributed by atoms with E-state index < -0.39 is 0 Å². The van der Waals surface area contributed by atoms with Crippen LogP contribution in [0.3, 0.4) is 0 Å². The van der Waals surface area contributed by atoms with Crippen LogP contribution in [0.15, 0.2) is 164 Å². The summed E-state index contributed by atoms with van der Waals surface area (Å²) in [5.41, 5.74) is 9.83. The largest absolute Gasteiger partial charge is 0.307 e. The fraction of sp³-hybridized carbons (Fsp3) is 0. The van der Waals surface area contributed by atoms with E-state index in [0.29, 0.717) is 17.5 Å². The highest BCUT2D eigenvalue weighted by atomic mass is 15.0. The van der Waals surface area contributed by atoms with Crippen molar-refractivity contribution in [2.75, 3.05) is 0 Å². The Bertz CT molecular complexity index is 3080. The lowest BCUT2D eigenvalue weighted by Gasteiger charge is -2.10. The Morgan fingerprint density at radius 2 is 0.740 bits per heavy atom. The van der Waals surface area contributed by atoms with Crippen molar-refractivity contribution in [2.24, 2.45) is 0 Å². The minimum absolute atomic E-state index is 0.646. The Hall–Kier alpha value is -6.85. The monoisotopic (exact) mass is 637 g/mol. The summed E-state index contributed by atoms with van der Waals surface area (Å²) in [5.74, 6) is 1.94. The van der Waals surface area contributed by atoms with E-state index >= 15 is 0 Å². The smallest absolute Gasteiger partial charge is 0.164 e. The van der Waals surface area contributed by atoms with Crippen LogP contribution in [-0.4, -0.2) is 23.8 Å². The zero-order valence-corrected chi connectivity index (χ0v) is 26.8. The maximum atomic E-state index is 5.17. The second-order valence-electron chi connectivity index (χ2n) is 12.8. The summed E-state index contributed by atoms with van der Waals surface area (Å²) in [4.78, 5) is 15.3. The van der Waals surface area contributed by atoms with Crippen molar-refractivity contribution >= 4 is 65.4 Å². The molecule has 0 aliphatic carbocycles. The van der Waals surface area contributed by atoms with E-state index in [1.807, 2.05) is 36.4 Å². The van der Waals surface area contributed by atoms with Crippen molar-refractivity contribution in [3.05, 3.63) is 164 Å². The molecule has 0 aliphatic rings. The van der Waals surface area contributed by atoms with Gasteiger partial charge >= 0.3 is 0 Å². The normalized spacial score (nSPS) is 12.0. The number of hydrogen-bond donors (Lipinski definition) is 0. The molecule has 0 bridgehead atoms. The molecule has 0 spiro atoms. The highest BCUT2D eigenvalue weighted by Gasteiger charge is 2.22. The van der Waals surface area contributed by atoms with Crippen molar-refractivity contribution in [2.45, 2.75) is 0 Å². The highest BCUT2D eigenvalue weighted by molar-refractivity contribution is 6.24. The third kappa shape index (κ3) is 3.74. The molecule has 5 heteroatoms. The molecule has 0 radical (unpaired) electrons. The molecule has 232 valence electrons. The molecule has 5 nitrogen and oxygen atoms in total. The summed E-state index contributed by atoms with van der Waals surface area (Å²) >= 11 is 0. The lowest BCUT2D eigenvalue weighted by molar-refractivity contribution is 1.08. The molecule has 7 aromatic carbocycles. The third-order valence-corrected chi connectivity index (χ3v) is 10.1. The molecule has 0 amide bonds. The van der Waals surface area contributed by atoms with Crippen LogP contribution in [0.5, 0.6) is 0 Å². The van der Waals surface area contributed by atoms with Gasteiger partial charge in [0.2, 0.25) is 0 Å². The number of nitrogens with zero attached hydrogens (tertiary/aromatic N) is 5. The van der Waals surface area contributed by atoms with Crippen LogP contribution >= 0.6 is 0 Å². The Morgan fingerprint density at radius 1 is 0.300 bits per heavy atom. The van der Waals surface area contributed by atoms with Gasteiger partial charge in [-0.25, -0.2) is 15.0 Å². The van der Waals surface area contributed by atoms with Crippen molar-refractivity contribution in [1.82, 2.24) is 23.8 Å². The zero-order chi connectivity index (χ0) is 32.8. The summed E-state index contributed by atoms with van der Waals surface area (Å²) in [6.07, 6.45) is 0. The number of benzene rings is 7. The highest BCUT2D eigenvalue weighted by Crippen LogP contribution is 2.42. The maximum absolute atomic E-state index is 5.17. The molecule has 0 saturated heterocycles. The lowest BCUT2D eigenvalue weighted by atomic mass is 10.0. The van der Waals surface area contributed by atoms with Gasteiger partial charge in [-0.3, -0.25) is 0 Å². The summed E-state index contributed by atoms with van der Waals surface area (Å²) in [6.45, 7) is 0. The molecular formula is C45H27N5. The van der Waals surface area contributed by atoms with Gasteiger partial charge in [-0.05, 0) is 24.3 Å². The van der Waals surface area contributed by atoms with Gasteiger partial charge in [0.1, 0.15) is 0 Å². The molecule has 4 heterocycles. The van der Waals surface area contributed by atoms with Crippen LogP contribution < -0.4 is 0 Å². The van der Waals surface area contributed by atoms with Crippen molar-refractivity contribution in [1.29, 1.82) is 0 Å². The van der Waals surface area contributed by atoms with E-state index in [-0.39, 0.29) is 0 Å². The predicted molar refractivity (Wildman–Crippen MR) is 206 cm³/mol. The van der Waals surface area contributed by atoms with Crippen LogP contribution in [0.2, 0.25) is 0 Å². The Labute approximate surface area is 286 Å². The number of aromatic nitrogens is 5. The minimum Gasteiger partial charge on any atom is -0.307 e. The fourth-order valence-corrected chi connectivity index (χ4v) is 8.03. The number of rotatable bonds is 3. The Balaban J connectivity index is 1.36. The number of fused-ring (bicyclic) bond motifs is 10. The summed E-state index contributed by atoms with van der Waals surface area (Å²) in [6, 6.07) is 57.8. The minimum atomic E-state index is 0.646. The van der Waals surface area contributed by atoms with Gasteiger partial charge in [-0.1, -0.05) is 140 Å². The van der Waals surface area contributed by atoms with E-state index in [2.05, 4.69) is 136 Å². The van der Waals surface area contributed by atoms with Gasteiger partial charge in [0.25, 0.3) is 0 Å². The molecule has 0 saturated carbocycles. The first-order valence-corrected chi connectivity index (χ1v) is 16.9. The third-order valence-electron chi connectivity index (χ3n) is 10.1. The van der Waals surface area contributed by atoms with E-state index in [1.54, 1.807) is 0 Å². The summed E-state index contributed by atoms with van der Waals surface area (Å²) in [7, 11) is 0. The molecule has 0 unspecified atom stereocenters. The lowest BCUT2D eigenvalue weighted by Crippen LogP contribution is -2.00. The standard InChI is InChI=1S/C45H27N5/c1-3-14-28(15-4-1)43-46-44(29-16-5-2-6-17-29)48-45(47-43)35-23-13-26-38-40(35)34-22-12-27-39-42(34)49(38)36-24-9-7-18-30(36)32-20-11-21-33-31-19-8-10-25-37(31)50(39)41(32)33/h1-27H. The fourth-order valence-electron chi connectivity index (χ4n) is 8.03. The topological polar surface area (TPSA) is 47.5 Å². The van der Waals surface area contributed by atoms with Gasteiger partial charge in [0, 0.05) is 49.0 Å². The second kappa shape index (κ2) is 10.3. The number of para-hydroxylation sites is 4. The first-order chi connectivity index (χ1) is 24.8. The van der Waals surface area contributed by atoms with Crippen molar-refractivity contribution in [3.63, 3.8) is 0 Å². The maximum Gasteiger partial charge on any atom is 0.164 e. The van der Waals surface area contributed by atoms with Gasteiger partial charge in [0.15, 0.2) is 17.5 Å². The number of hydrogen-bond acceptors (Lipinski definition) is 3. The molecular weight excluding hydrogens is 611 g/mol. The molecule has 4 aromatic heterocycles. The molecule has 0 fully saturated rings. The summed E-state index contributed by atoms with van der Waals surface area (Å²) < 4.78 is 4.92. The predicted octanol–water partition coefficient (Wildman–Crippen LogP) is 11.1. The van der Waals surface area contributed by atoms with Crippen molar-refractivity contribution in [3.8, 4) is 34.2 Å². The SMILES string of the molecule is c1ccc(-c2nc(-c3ccccc3)nc(-c3cccc4c3c3cccc5c3n4c3ccccc3c3cccc4c6ccccc6n5c43)n2)cc1. The molecule has 0 aliphatic heterocycles. The first-order valence-electron chi connectivity index (χ1n) is 16.9. The molecule has 50 heavy (non-hydrogen) atoms. The van der Waals surface area contributed by atoms with Crippen LogP contribution in [0.4, 0.5) is 0 Å². The van der Waals surface area contributed by atoms with E-state index in [9.17, 15) is 0 Å². The Morgan fingerprint density at radius 3 is 1.38 bits per heavy atom. The van der Waals surface area contributed by atoms with Gasteiger partial charge in [0.05, 0.1) is 33.1 Å². The van der Waals surface area contributed by atoms with Crippen molar-refractivity contribution < 1.29 is 0 Å². The van der Waals surface area contributed by atoms with Crippen LogP contribution in [0.25, 0.3) is 99.6 Å². The van der Waals surface area contributed by atoms with Crippen LogP contribution in [0, 0.1) is 0 Å². The van der Waals surface area contributed by atoms with E-state index in [4.69, 9.17) is 15.0 Å². The average molecular weight is 638 g/mol. The van der Waals surface area contributed by atoms with Gasteiger partial charge in [-0.15, -0.1) is 0 Å². The zero-order valence-electron chi connectivity index (χ0n) is 26.8. The second-order valence-corrected chi connectivity index (χ2v) is 12.8. The van der Waals surface area contributed by atoms with Gasteiger partial charge < -0.3 is 8.80 Å². The molecule has 0 atom stereocenters. The first kappa shape index (κ1) is 27.1. The average Bonchev–Trinajstić information content (AvgIpc) is 3.71. The Kier molecular flexibility index (Phi) is 5.60. The summed E-state index contributed by atoms with van der Waals surface area (Å²) in [5, 5.41) is 7.17. The van der Waals surface area contributed by atoms with Crippen LogP contribution in [0.1, 0.15) is 0 Å². The van der Waals surface area contributed by atoms with Crippen LogP contribution in [-0.2, 0) is 0 Å². The molecule has 11 aromatic rings. The van der Waals surface area contributed by atoms with E-state index in [1.165, 1.54) is 32.6 Å². The van der Waals surface area contributed by atoms with Gasteiger partial charge in [-0.2, -0.15) is 0 Å². The molecule has 0 N–H and O–H groups in total. The molecule has 11 rings (SSSR count). The quantitative estimate of drug-likeness (QED) is 0.194. The van der Waals surface area contributed by atoms with E-state index in [0.717, 1.165) is 49.5 Å².